The summed E-state index contributed by atoms with van der Waals surface area (Å²) in [4.78, 5) is 25.7. The zero-order chi connectivity index (χ0) is 14.7. The van der Waals surface area contributed by atoms with E-state index in [0.29, 0.717) is 5.56 Å². The maximum Gasteiger partial charge on any atom is 0.329 e. The largest absolute Gasteiger partial charge is 0.361 e. The molecule has 2 amide bonds. The van der Waals surface area contributed by atoms with Gasteiger partial charge in [0.15, 0.2) is 0 Å². The molecule has 20 heavy (non-hydrogen) atoms. The molecule has 0 atom stereocenters. The molecule has 3 N–H and O–H groups in total. The first-order valence-corrected chi connectivity index (χ1v) is 6.05. The number of rotatable bonds is 2. The van der Waals surface area contributed by atoms with Gasteiger partial charge in [0, 0.05) is 10.9 Å². The fourth-order valence-electron chi connectivity index (χ4n) is 1.58. The molecule has 0 unspecified atom stereocenters. The summed E-state index contributed by atoms with van der Waals surface area (Å²) in [5.41, 5.74) is 9.13. The van der Waals surface area contributed by atoms with Crippen LogP contribution in [-0.2, 0) is 9.59 Å². The molecule has 0 radical (unpaired) electrons. The molecule has 0 bridgehead atoms. The van der Waals surface area contributed by atoms with E-state index in [0.717, 1.165) is 16.5 Å². The fraction of sp³-hybridized carbons (Fsp3) is 0.0769. The van der Waals surface area contributed by atoms with Gasteiger partial charge >= 0.3 is 11.8 Å². The summed E-state index contributed by atoms with van der Waals surface area (Å²) >= 11 is 6.03. The second kappa shape index (κ2) is 5.66. The Hall–Kier alpha value is -2.47. The number of carbonyl (C=O) groups is 2. The van der Waals surface area contributed by atoms with Crippen LogP contribution in [0.3, 0.4) is 0 Å². The molecule has 0 saturated carbocycles. The highest BCUT2D eigenvalue weighted by Crippen LogP contribution is 2.20. The lowest BCUT2D eigenvalue weighted by Crippen LogP contribution is -2.32. The van der Waals surface area contributed by atoms with Gasteiger partial charge in [-0.2, -0.15) is 5.10 Å². The van der Waals surface area contributed by atoms with Gasteiger partial charge in [-0.05, 0) is 24.6 Å². The van der Waals surface area contributed by atoms with Gasteiger partial charge in [0.05, 0.1) is 11.7 Å². The van der Waals surface area contributed by atoms with Gasteiger partial charge in [-0.3, -0.25) is 9.59 Å². The predicted molar refractivity (Wildman–Crippen MR) is 76.4 cm³/mol. The molecule has 6 nitrogen and oxygen atoms in total. The highest BCUT2D eigenvalue weighted by molar-refractivity contribution is 6.34. The lowest BCUT2D eigenvalue weighted by Gasteiger charge is -2.03. The number of nitrogens with one attached hydrogen (secondary N) is 1. The number of amides is 2. The third-order valence-electron chi connectivity index (χ3n) is 2.55. The number of carbonyl (C=O) groups excluding carboxylic acids is 2. The standard InChI is InChI=1S/C13H11ClN4O2/c1-7-2-3-8-5-9(11(14)17-10(8)4-7)6-16-18-13(20)12(15)19/h2-6H,1H3,(H2,15,19)(H,18,20)/b16-6-. The molecule has 102 valence electrons. The van der Waals surface area contributed by atoms with Crippen molar-refractivity contribution in [3.63, 3.8) is 0 Å². The first-order valence-electron chi connectivity index (χ1n) is 5.67. The lowest BCUT2D eigenvalue weighted by atomic mass is 10.1. The number of fused-ring (bicyclic) bond motifs is 1. The Kier molecular flexibility index (Phi) is 3.95. The number of hydrogen-bond donors (Lipinski definition) is 2. The van der Waals surface area contributed by atoms with E-state index in [9.17, 15) is 9.59 Å². The Morgan fingerprint density at radius 2 is 2.15 bits per heavy atom. The first kappa shape index (κ1) is 14.0. The van der Waals surface area contributed by atoms with Crippen molar-refractivity contribution in [3.05, 3.63) is 40.5 Å². The molecule has 1 aromatic carbocycles. The summed E-state index contributed by atoms with van der Waals surface area (Å²) < 4.78 is 0. The molecule has 0 saturated heterocycles. The van der Waals surface area contributed by atoms with Gasteiger partial charge in [-0.1, -0.05) is 23.7 Å². The van der Waals surface area contributed by atoms with E-state index in [1.54, 1.807) is 6.07 Å². The summed E-state index contributed by atoms with van der Waals surface area (Å²) in [6.45, 7) is 1.96. The lowest BCUT2D eigenvalue weighted by molar-refractivity contribution is -0.137. The summed E-state index contributed by atoms with van der Waals surface area (Å²) in [7, 11) is 0. The van der Waals surface area contributed by atoms with Crippen LogP contribution in [0.25, 0.3) is 10.9 Å². The molecule has 0 aliphatic carbocycles. The average molecular weight is 291 g/mol. The van der Waals surface area contributed by atoms with Crippen LogP contribution in [0.1, 0.15) is 11.1 Å². The van der Waals surface area contributed by atoms with E-state index in [2.05, 4.69) is 10.1 Å². The minimum Gasteiger partial charge on any atom is -0.361 e. The molecule has 2 rings (SSSR count). The van der Waals surface area contributed by atoms with E-state index in [-0.39, 0.29) is 5.15 Å². The zero-order valence-electron chi connectivity index (χ0n) is 10.6. The Morgan fingerprint density at radius 1 is 1.40 bits per heavy atom. The number of halogens is 1. The monoisotopic (exact) mass is 290 g/mol. The van der Waals surface area contributed by atoms with Crippen molar-refractivity contribution in [1.82, 2.24) is 10.4 Å². The van der Waals surface area contributed by atoms with Crippen molar-refractivity contribution in [2.24, 2.45) is 10.8 Å². The molecule has 1 aromatic heterocycles. The van der Waals surface area contributed by atoms with Crippen molar-refractivity contribution in [1.29, 1.82) is 0 Å². The third kappa shape index (κ3) is 3.10. The van der Waals surface area contributed by atoms with Gasteiger partial charge in [0.1, 0.15) is 5.15 Å². The van der Waals surface area contributed by atoms with Crippen LogP contribution in [0.4, 0.5) is 0 Å². The number of hydrazone groups is 1. The van der Waals surface area contributed by atoms with Crippen LogP contribution >= 0.6 is 11.6 Å². The quantitative estimate of drug-likeness (QED) is 0.375. The summed E-state index contributed by atoms with van der Waals surface area (Å²) in [6.07, 6.45) is 1.30. The molecule has 0 aliphatic rings. The molecule has 7 heteroatoms. The Morgan fingerprint density at radius 3 is 2.85 bits per heavy atom. The number of pyridine rings is 1. The summed E-state index contributed by atoms with van der Waals surface area (Å²) in [5.74, 6) is -2.11. The second-order valence-electron chi connectivity index (χ2n) is 4.13. The molecule has 2 aromatic rings. The Balaban J connectivity index is 2.28. The molecule has 0 fully saturated rings. The van der Waals surface area contributed by atoms with Crippen LogP contribution < -0.4 is 11.2 Å². The van der Waals surface area contributed by atoms with Crippen molar-refractivity contribution in [2.45, 2.75) is 6.92 Å². The van der Waals surface area contributed by atoms with E-state index in [4.69, 9.17) is 17.3 Å². The fourth-order valence-corrected chi connectivity index (χ4v) is 1.77. The first-order chi connectivity index (χ1) is 9.47. The van der Waals surface area contributed by atoms with Gasteiger partial charge in [-0.25, -0.2) is 10.4 Å². The molecule has 0 aliphatic heterocycles. The molecule has 0 spiro atoms. The van der Waals surface area contributed by atoms with E-state index < -0.39 is 11.8 Å². The summed E-state index contributed by atoms with van der Waals surface area (Å²) in [5, 5.41) is 4.74. The molecule has 1 heterocycles. The highest BCUT2D eigenvalue weighted by Gasteiger charge is 2.06. The topological polar surface area (TPSA) is 97.4 Å². The number of aryl methyl sites for hydroxylation is 1. The minimum absolute atomic E-state index is 0.250. The number of hydrogen-bond acceptors (Lipinski definition) is 4. The Bertz CT molecular complexity index is 728. The number of nitrogens with two attached hydrogens (primary N) is 1. The van der Waals surface area contributed by atoms with E-state index >= 15 is 0 Å². The second-order valence-corrected chi connectivity index (χ2v) is 4.49. The third-order valence-corrected chi connectivity index (χ3v) is 2.85. The van der Waals surface area contributed by atoms with Gasteiger partial charge in [0.2, 0.25) is 0 Å². The zero-order valence-corrected chi connectivity index (χ0v) is 11.3. The van der Waals surface area contributed by atoms with Gasteiger partial charge in [0.25, 0.3) is 0 Å². The van der Waals surface area contributed by atoms with Gasteiger partial charge in [-0.15, -0.1) is 0 Å². The Labute approximate surface area is 119 Å². The van der Waals surface area contributed by atoms with Crippen LogP contribution in [0.2, 0.25) is 5.15 Å². The van der Waals surface area contributed by atoms with E-state index in [1.165, 1.54) is 6.21 Å². The molecular formula is C13H11ClN4O2. The maximum atomic E-state index is 10.9. The van der Waals surface area contributed by atoms with Crippen molar-refractivity contribution in [2.75, 3.05) is 0 Å². The average Bonchev–Trinajstić information content (AvgIpc) is 2.39. The smallest absolute Gasteiger partial charge is 0.329 e. The van der Waals surface area contributed by atoms with Crippen LogP contribution in [0.5, 0.6) is 0 Å². The van der Waals surface area contributed by atoms with Crippen molar-refractivity contribution < 1.29 is 9.59 Å². The van der Waals surface area contributed by atoms with Crippen LogP contribution in [0.15, 0.2) is 29.4 Å². The SMILES string of the molecule is Cc1ccc2cc(/C=N\NC(=O)C(N)=O)c(Cl)nc2c1. The van der Waals surface area contributed by atoms with Crippen molar-refractivity contribution in [3.8, 4) is 0 Å². The van der Waals surface area contributed by atoms with Crippen LogP contribution in [-0.4, -0.2) is 23.0 Å². The van der Waals surface area contributed by atoms with Gasteiger partial charge < -0.3 is 5.73 Å². The summed E-state index contributed by atoms with van der Waals surface area (Å²) in [6, 6.07) is 7.56. The minimum atomic E-state index is -1.11. The number of benzene rings is 1. The normalized spacial score (nSPS) is 10.9. The maximum absolute atomic E-state index is 10.9. The van der Waals surface area contributed by atoms with Crippen molar-refractivity contribution >= 4 is 40.5 Å². The number of aromatic nitrogens is 1. The number of primary amides is 1. The van der Waals surface area contributed by atoms with Crippen LogP contribution in [0, 0.1) is 6.92 Å². The highest BCUT2D eigenvalue weighted by atomic mass is 35.5. The predicted octanol–water partition coefficient (Wildman–Crippen LogP) is 1.13. The number of nitrogens with zero attached hydrogens (tertiary/aromatic N) is 2. The van der Waals surface area contributed by atoms with E-state index in [1.807, 2.05) is 30.5 Å². The molecular weight excluding hydrogens is 280 g/mol.